The van der Waals surface area contributed by atoms with Gasteiger partial charge in [-0.1, -0.05) is 15.9 Å². The van der Waals surface area contributed by atoms with Gasteiger partial charge in [-0.05, 0) is 37.6 Å². The number of amides is 1. The molecule has 0 saturated carbocycles. The van der Waals surface area contributed by atoms with Gasteiger partial charge >= 0.3 is 0 Å². The van der Waals surface area contributed by atoms with E-state index in [0.29, 0.717) is 15.6 Å². The van der Waals surface area contributed by atoms with E-state index in [1.807, 2.05) is 0 Å². The first kappa shape index (κ1) is 19.4. The standard InChI is InChI=1S/C13H18BrN3O3S.ClH/c1-8-11(5-9(14)6-12(8)21(15,19)20)13(18)17(2)10-3-4-16-7-10;/h5-6,10,16H,3-4,7H2,1-2H3,(H2,15,19,20);1H. The van der Waals surface area contributed by atoms with Gasteiger partial charge in [0.2, 0.25) is 10.0 Å². The third kappa shape index (κ3) is 3.99. The van der Waals surface area contributed by atoms with Crippen LogP contribution in [0.2, 0.25) is 0 Å². The summed E-state index contributed by atoms with van der Waals surface area (Å²) in [6.45, 7) is 3.22. The highest BCUT2D eigenvalue weighted by Crippen LogP contribution is 2.25. The number of nitrogens with two attached hydrogens (primary N) is 1. The van der Waals surface area contributed by atoms with Gasteiger partial charge < -0.3 is 10.2 Å². The number of hydrogen-bond acceptors (Lipinski definition) is 4. The van der Waals surface area contributed by atoms with Crippen molar-refractivity contribution in [2.24, 2.45) is 5.14 Å². The van der Waals surface area contributed by atoms with Crippen LogP contribution in [-0.2, 0) is 10.0 Å². The largest absolute Gasteiger partial charge is 0.337 e. The van der Waals surface area contributed by atoms with Crippen molar-refractivity contribution in [1.82, 2.24) is 10.2 Å². The lowest BCUT2D eigenvalue weighted by Gasteiger charge is -2.25. The van der Waals surface area contributed by atoms with Crippen LogP contribution in [0, 0.1) is 6.92 Å². The minimum absolute atomic E-state index is 0. The van der Waals surface area contributed by atoms with E-state index in [9.17, 15) is 13.2 Å². The second-order valence-corrected chi connectivity index (χ2v) is 7.63. The normalized spacial score (nSPS) is 17.9. The lowest BCUT2D eigenvalue weighted by atomic mass is 10.1. The van der Waals surface area contributed by atoms with Gasteiger partial charge in [0.15, 0.2) is 0 Å². The summed E-state index contributed by atoms with van der Waals surface area (Å²) < 4.78 is 23.8. The summed E-state index contributed by atoms with van der Waals surface area (Å²) in [5.74, 6) is -0.201. The van der Waals surface area contributed by atoms with Gasteiger partial charge in [0.05, 0.1) is 4.90 Å². The first-order chi connectivity index (χ1) is 9.71. The molecule has 1 saturated heterocycles. The molecule has 1 aromatic rings. The van der Waals surface area contributed by atoms with Gasteiger partial charge in [-0.2, -0.15) is 0 Å². The minimum Gasteiger partial charge on any atom is -0.337 e. The van der Waals surface area contributed by atoms with Crippen LogP contribution in [0.4, 0.5) is 0 Å². The molecular weight excluding hydrogens is 394 g/mol. The van der Waals surface area contributed by atoms with E-state index in [-0.39, 0.29) is 29.3 Å². The number of rotatable bonds is 3. The van der Waals surface area contributed by atoms with Gasteiger partial charge in [0.1, 0.15) is 0 Å². The Hall–Kier alpha value is -0.670. The Morgan fingerprint density at radius 2 is 2.09 bits per heavy atom. The van der Waals surface area contributed by atoms with E-state index in [1.165, 1.54) is 6.07 Å². The number of nitrogens with one attached hydrogen (secondary N) is 1. The Labute approximate surface area is 145 Å². The number of likely N-dealkylation sites (N-methyl/N-ethyl adjacent to an activating group) is 1. The van der Waals surface area contributed by atoms with Gasteiger partial charge in [0.25, 0.3) is 5.91 Å². The lowest BCUT2D eigenvalue weighted by molar-refractivity contribution is 0.0742. The number of primary sulfonamides is 1. The van der Waals surface area contributed by atoms with Gasteiger partial charge in [-0.25, -0.2) is 13.6 Å². The zero-order valence-corrected chi connectivity index (χ0v) is 15.5. The lowest BCUT2D eigenvalue weighted by Crippen LogP contribution is -2.38. The molecule has 0 aromatic heterocycles. The van der Waals surface area contributed by atoms with Crippen molar-refractivity contribution in [2.75, 3.05) is 20.1 Å². The average molecular weight is 413 g/mol. The molecule has 3 N–H and O–H groups in total. The summed E-state index contributed by atoms with van der Waals surface area (Å²) in [6, 6.07) is 3.16. The molecule has 124 valence electrons. The van der Waals surface area contributed by atoms with Crippen LogP contribution in [0.3, 0.4) is 0 Å². The summed E-state index contributed by atoms with van der Waals surface area (Å²) in [5, 5.41) is 8.41. The maximum Gasteiger partial charge on any atom is 0.254 e. The second kappa shape index (κ2) is 7.27. The minimum atomic E-state index is -3.87. The molecule has 9 heteroatoms. The Balaban J connectivity index is 0.00000242. The molecule has 1 amide bonds. The first-order valence-corrected chi connectivity index (χ1v) is 8.86. The third-order valence-corrected chi connectivity index (χ3v) is 5.26. The van der Waals surface area contributed by atoms with E-state index in [2.05, 4.69) is 21.2 Å². The third-order valence-electron chi connectivity index (χ3n) is 3.76. The summed E-state index contributed by atoms with van der Waals surface area (Å²) in [6.07, 6.45) is 0.886. The molecule has 22 heavy (non-hydrogen) atoms. The zero-order valence-electron chi connectivity index (χ0n) is 12.3. The predicted octanol–water partition coefficient (Wildman–Crippen LogP) is 1.26. The molecule has 0 radical (unpaired) electrons. The highest BCUT2D eigenvalue weighted by atomic mass is 79.9. The smallest absolute Gasteiger partial charge is 0.254 e. The number of carbonyl (C=O) groups is 1. The fraction of sp³-hybridized carbons (Fsp3) is 0.462. The van der Waals surface area contributed by atoms with Crippen LogP contribution >= 0.6 is 28.3 Å². The Morgan fingerprint density at radius 3 is 2.59 bits per heavy atom. The van der Waals surface area contributed by atoms with E-state index < -0.39 is 10.0 Å². The second-order valence-electron chi connectivity index (χ2n) is 5.18. The van der Waals surface area contributed by atoms with Crippen LogP contribution in [0.5, 0.6) is 0 Å². The van der Waals surface area contributed by atoms with E-state index >= 15 is 0 Å². The van der Waals surface area contributed by atoms with E-state index in [0.717, 1.165) is 19.5 Å². The van der Waals surface area contributed by atoms with Crippen LogP contribution < -0.4 is 10.5 Å². The molecule has 6 nitrogen and oxygen atoms in total. The Bertz CT molecular complexity index is 675. The van der Waals surface area contributed by atoms with Gasteiger partial charge in [0, 0.05) is 29.7 Å². The van der Waals surface area contributed by atoms with Crippen molar-refractivity contribution >= 4 is 44.3 Å². The molecule has 1 aromatic carbocycles. The summed E-state index contributed by atoms with van der Waals surface area (Å²) in [5.41, 5.74) is 0.728. The number of halogens is 2. The number of hydrogen-bond donors (Lipinski definition) is 2. The maximum absolute atomic E-state index is 12.6. The topological polar surface area (TPSA) is 92.5 Å². The van der Waals surface area contributed by atoms with Crippen LogP contribution in [0.25, 0.3) is 0 Å². The quantitative estimate of drug-likeness (QED) is 0.782. The highest BCUT2D eigenvalue weighted by Gasteiger charge is 2.27. The number of carbonyl (C=O) groups excluding carboxylic acids is 1. The monoisotopic (exact) mass is 411 g/mol. The SMILES string of the molecule is Cc1c(C(=O)N(C)C2CCNC2)cc(Br)cc1S(N)(=O)=O.Cl. The molecule has 0 bridgehead atoms. The maximum atomic E-state index is 12.6. The van der Waals surface area contributed by atoms with Crippen molar-refractivity contribution in [2.45, 2.75) is 24.3 Å². The molecule has 1 fully saturated rings. The van der Waals surface area contributed by atoms with Crippen LogP contribution in [0.15, 0.2) is 21.5 Å². The molecule has 1 aliphatic rings. The first-order valence-electron chi connectivity index (χ1n) is 6.52. The zero-order chi connectivity index (χ0) is 15.8. The van der Waals surface area contributed by atoms with Crippen molar-refractivity contribution in [3.05, 3.63) is 27.7 Å². The van der Waals surface area contributed by atoms with Crippen molar-refractivity contribution in [3.8, 4) is 0 Å². The number of benzene rings is 1. The van der Waals surface area contributed by atoms with Crippen LogP contribution in [0.1, 0.15) is 22.3 Å². The highest BCUT2D eigenvalue weighted by molar-refractivity contribution is 9.10. The molecule has 1 atom stereocenters. The van der Waals surface area contributed by atoms with Crippen LogP contribution in [-0.4, -0.2) is 45.4 Å². The van der Waals surface area contributed by atoms with Gasteiger partial charge in [-0.15, -0.1) is 12.4 Å². The van der Waals surface area contributed by atoms with Crippen molar-refractivity contribution in [1.29, 1.82) is 0 Å². The van der Waals surface area contributed by atoms with Crippen molar-refractivity contribution in [3.63, 3.8) is 0 Å². The van der Waals surface area contributed by atoms with Gasteiger partial charge in [-0.3, -0.25) is 4.79 Å². The molecular formula is C13H19BrClN3O3S. The van der Waals surface area contributed by atoms with E-state index in [1.54, 1.807) is 24.9 Å². The molecule has 0 aliphatic carbocycles. The van der Waals surface area contributed by atoms with E-state index in [4.69, 9.17) is 5.14 Å². The Kier molecular flexibility index (Phi) is 6.40. The number of nitrogens with zero attached hydrogens (tertiary/aromatic N) is 1. The molecule has 1 unspecified atom stereocenters. The Morgan fingerprint density at radius 1 is 1.45 bits per heavy atom. The number of sulfonamides is 1. The fourth-order valence-corrected chi connectivity index (χ4v) is 3.93. The summed E-state index contributed by atoms with van der Waals surface area (Å²) >= 11 is 3.24. The average Bonchev–Trinajstić information content (AvgIpc) is 2.92. The summed E-state index contributed by atoms with van der Waals surface area (Å²) in [7, 11) is -2.14. The molecule has 0 spiro atoms. The summed E-state index contributed by atoms with van der Waals surface area (Å²) in [4.78, 5) is 14.3. The predicted molar refractivity (Wildman–Crippen MR) is 90.9 cm³/mol. The fourth-order valence-electron chi connectivity index (χ4n) is 2.50. The van der Waals surface area contributed by atoms with Crippen molar-refractivity contribution < 1.29 is 13.2 Å². The molecule has 1 heterocycles. The molecule has 1 aliphatic heterocycles. The molecule has 2 rings (SSSR count).